The summed E-state index contributed by atoms with van der Waals surface area (Å²) in [5.41, 5.74) is 0. The van der Waals surface area contributed by atoms with Gasteiger partial charge in [-0.05, 0) is 38.5 Å². The van der Waals surface area contributed by atoms with Crippen molar-refractivity contribution >= 4 is 9.84 Å². The van der Waals surface area contributed by atoms with Crippen LogP contribution in [-0.2, 0) is 9.84 Å². The average Bonchev–Trinajstić information content (AvgIpc) is 2.60. The Morgan fingerprint density at radius 3 is 2.06 bits per heavy atom. The van der Waals surface area contributed by atoms with Gasteiger partial charge in [0.25, 0.3) is 0 Å². The van der Waals surface area contributed by atoms with Crippen molar-refractivity contribution in [1.82, 2.24) is 5.32 Å². The lowest BCUT2D eigenvalue weighted by Crippen LogP contribution is -2.44. The van der Waals surface area contributed by atoms with Crippen LogP contribution < -0.4 is 5.32 Å². The molecule has 0 amide bonds. The molecular formula is C14H27NO2S. The molecule has 0 unspecified atom stereocenters. The number of nitrogens with one attached hydrogen (secondary N) is 1. The Labute approximate surface area is 112 Å². The fourth-order valence-electron chi connectivity index (χ4n) is 3.38. The van der Waals surface area contributed by atoms with Gasteiger partial charge in [0.05, 0.1) is 11.5 Å². The maximum Gasteiger partial charge on any atom is 0.150 e. The van der Waals surface area contributed by atoms with E-state index in [0.717, 1.165) is 18.8 Å². The van der Waals surface area contributed by atoms with E-state index in [0.29, 0.717) is 23.6 Å². The van der Waals surface area contributed by atoms with E-state index in [1.54, 1.807) is 0 Å². The highest BCUT2D eigenvalue weighted by Crippen LogP contribution is 2.26. The zero-order chi connectivity index (χ0) is 13.0. The van der Waals surface area contributed by atoms with Crippen LogP contribution in [0.5, 0.6) is 0 Å². The maximum absolute atomic E-state index is 11.4. The summed E-state index contributed by atoms with van der Waals surface area (Å²) in [6, 6.07) is 0.973. The van der Waals surface area contributed by atoms with Gasteiger partial charge in [-0.2, -0.15) is 0 Å². The van der Waals surface area contributed by atoms with Gasteiger partial charge in [-0.25, -0.2) is 8.42 Å². The number of hydrogen-bond acceptors (Lipinski definition) is 3. The SMILES string of the molecule is C[C@@H](NC1CCS(=O)(=O)CC1)C1CCCCCC1. The minimum Gasteiger partial charge on any atom is -0.311 e. The zero-order valence-electron chi connectivity index (χ0n) is 11.5. The largest absolute Gasteiger partial charge is 0.311 e. The van der Waals surface area contributed by atoms with E-state index >= 15 is 0 Å². The first-order valence-electron chi connectivity index (χ1n) is 7.53. The van der Waals surface area contributed by atoms with Crippen molar-refractivity contribution < 1.29 is 8.42 Å². The Kier molecular flexibility index (Phi) is 5.07. The van der Waals surface area contributed by atoms with Gasteiger partial charge >= 0.3 is 0 Å². The molecule has 106 valence electrons. The molecule has 3 nitrogen and oxygen atoms in total. The summed E-state index contributed by atoms with van der Waals surface area (Å²) in [7, 11) is -2.72. The van der Waals surface area contributed by atoms with Crippen LogP contribution in [0.4, 0.5) is 0 Å². The van der Waals surface area contributed by atoms with Gasteiger partial charge in [-0.15, -0.1) is 0 Å². The normalized spacial score (nSPS) is 28.7. The lowest BCUT2D eigenvalue weighted by Gasteiger charge is -2.31. The third-order valence-corrected chi connectivity index (χ3v) is 6.38. The van der Waals surface area contributed by atoms with E-state index in [9.17, 15) is 8.42 Å². The summed E-state index contributed by atoms with van der Waals surface area (Å²) in [6.07, 6.45) is 9.83. The van der Waals surface area contributed by atoms with Crippen molar-refractivity contribution in [2.24, 2.45) is 5.92 Å². The number of sulfone groups is 1. The summed E-state index contributed by atoms with van der Waals surface area (Å²) >= 11 is 0. The highest BCUT2D eigenvalue weighted by atomic mass is 32.2. The van der Waals surface area contributed by atoms with Gasteiger partial charge in [0.15, 0.2) is 0 Å². The van der Waals surface area contributed by atoms with Crippen LogP contribution in [0, 0.1) is 5.92 Å². The molecule has 4 heteroatoms. The molecule has 0 aromatic carbocycles. The van der Waals surface area contributed by atoms with E-state index in [-0.39, 0.29) is 0 Å². The maximum atomic E-state index is 11.4. The van der Waals surface area contributed by atoms with E-state index < -0.39 is 9.84 Å². The monoisotopic (exact) mass is 273 g/mol. The van der Waals surface area contributed by atoms with E-state index in [2.05, 4.69) is 12.2 Å². The van der Waals surface area contributed by atoms with Crippen molar-refractivity contribution in [2.75, 3.05) is 11.5 Å². The summed E-state index contributed by atoms with van der Waals surface area (Å²) in [5.74, 6) is 1.55. The summed E-state index contributed by atoms with van der Waals surface area (Å²) in [6.45, 7) is 2.29. The first-order valence-corrected chi connectivity index (χ1v) is 9.35. The standard InChI is InChI=1S/C14H27NO2S/c1-12(13-6-4-2-3-5-7-13)15-14-8-10-18(16,17)11-9-14/h12-15H,2-11H2,1H3/t12-/m1/s1. The van der Waals surface area contributed by atoms with Gasteiger partial charge in [0, 0.05) is 12.1 Å². The third-order valence-electron chi connectivity index (χ3n) is 4.66. The molecule has 2 rings (SSSR count). The quantitative estimate of drug-likeness (QED) is 0.804. The van der Waals surface area contributed by atoms with Crippen LogP contribution in [0.3, 0.4) is 0 Å². The van der Waals surface area contributed by atoms with Gasteiger partial charge < -0.3 is 5.32 Å². The van der Waals surface area contributed by atoms with Gasteiger partial charge in [-0.3, -0.25) is 0 Å². The molecule has 2 fully saturated rings. The van der Waals surface area contributed by atoms with Crippen LogP contribution >= 0.6 is 0 Å². The molecule has 0 spiro atoms. The predicted octanol–water partition coefficient (Wildman–Crippen LogP) is 2.51. The molecule has 1 aliphatic heterocycles. The molecule has 1 atom stereocenters. The molecule has 0 aromatic rings. The molecule has 1 heterocycles. The Balaban J connectivity index is 1.78. The fraction of sp³-hybridized carbons (Fsp3) is 1.00. The Morgan fingerprint density at radius 1 is 0.944 bits per heavy atom. The first-order chi connectivity index (χ1) is 8.57. The lowest BCUT2D eigenvalue weighted by atomic mass is 9.92. The summed E-state index contributed by atoms with van der Waals surface area (Å²) < 4.78 is 22.8. The molecule has 18 heavy (non-hydrogen) atoms. The molecule has 1 saturated carbocycles. The molecule has 1 N–H and O–H groups in total. The molecule has 2 aliphatic rings. The van der Waals surface area contributed by atoms with Crippen LogP contribution in [-0.4, -0.2) is 32.0 Å². The highest BCUT2D eigenvalue weighted by Gasteiger charge is 2.26. The Bertz CT molecular complexity index is 331. The minimum absolute atomic E-state index is 0.377. The Hall–Kier alpha value is -0.0900. The average molecular weight is 273 g/mol. The van der Waals surface area contributed by atoms with Crippen LogP contribution in [0.25, 0.3) is 0 Å². The van der Waals surface area contributed by atoms with Crippen molar-refractivity contribution in [3.8, 4) is 0 Å². The van der Waals surface area contributed by atoms with E-state index in [1.165, 1.54) is 38.5 Å². The van der Waals surface area contributed by atoms with Gasteiger partial charge in [-0.1, -0.05) is 25.7 Å². The van der Waals surface area contributed by atoms with Crippen molar-refractivity contribution in [1.29, 1.82) is 0 Å². The highest BCUT2D eigenvalue weighted by molar-refractivity contribution is 7.91. The van der Waals surface area contributed by atoms with Crippen molar-refractivity contribution in [3.63, 3.8) is 0 Å². The van der Waals surface area contributed by atoms with Gasteiger partial charge in [0.2, 0.25) is 0 Å². The number of rotatable bonds is 3. The molecule has 0 radical (unpaired) electrons. The predicted molar refractivity (Wildman–Crippen MR) is 75.5 cm³/mol. The summed E-state index contributed by atoms with van der Waals surface area (Å²) in [5, 5.41) is 3.69. The molecular weight excluding hydrogens is 246 g/mol. The fourth-order valence-corrected chi connectivity index (χ4v) is 4.87. The van der Waals surface area contributed by atoms with Crippen molar-refractivity contribution in [3.05, 3.63) is 0 Å². The second-order valence-electron chi connectivity index (χ2n) is 6.13. The summed E-state index contributed by atoms with van der Waals surface area (Å²) in [4.78, 5) is 0. The van der Waals surface area contributed by atoms with E-state index in [4.69, 9.17) is 0 Å². The first kappa shape index (κ1) is 14.3. The molecule has 1 saturated heterocycles. The molecule has 1 aliphatic carbocycles. The number of hydrogen-bond donors (Lipinski definition) is 1. The molecule has 0 aromatic heterocycles. The van der Waals surface area contributed by atoms with Crippen LogP contribution in [0.15, 0.2) is 0 Å². The van der Waals surface area contributed by atoms with Crippen LogP contribution in [0.1, 0.15) is 58.3 Å². The van der Waals surface area contributed by atoms with E-state index in [1.807, 2.05) is 0 Å². The lowest BCUT2D eigenvalue weighted by molar-refractivity contribution is 0.299. The van der Waals surface area contributed by atoms with Gasteiger partial charge in [0.1, 0.15) is 9.84 Å². The van der Waals surface area contributed by atoms with Crippen LogP contribution in [0.2, 0.25) is 0 Å². The van der Waals surface area contributed by atoms with Crippen molar-refractivity contribution in [2.45, 2.75) is 70.4 Å². The minimum atomic E-state index is -2.72. The second kappa shape index (κ2) is 6.38. The Morgan fingerprint density at radius 2 is 1.50 bits per heavy atom. The molecule has 0 bridgehead atoms. The third kappa shape index (κ3) is 4.23. The smallest absolute Gasteiger partial charge is 0.150 e. The topological polar surface area (TPSA) is 46.2 Å². The zero-order valence-corrected chi connectivity index (χ0v) is 12.3. The second-order valence-corrected chi connectivity index (χ2v) is 8.44.